The standard InChI is InChI=1S/C34H42N4O2S2/c1-3-4-5-6-7-8-9-10-11-14-20-37-33(40)29(42-34(37)41)22-28-31(35-30-18-17-25(2)23-38(30)32(28)39)36-21-19-26-15-12-13-16-27(26)24-36/h12-13,15-18,22-23H,3-11,14,19-21,24H2,1-2H3/b29-22+. The predicted octanol–water partition coefficient (Wildman–Crippen LogP) is 7.69. The SMILES string of the molecule is CCCCCCCCCCCCN1C(=O)/C(=C\c2c(N3CCc4ccccc4C3)nc3ccc(C)cn3c2=O)SC1=S. The number of benzene rings is 1. The normalized spacial score (nSPS) is 16.2. The second-order valence-corrected chi connectivity index (χ2v) is 13.2. The Morgan fingerprint density at radius 3 is 2.36 bits per heavy atom. The summed E-state index contributed by atoms with van der Waals surface area (Å²) < 4.78 is 2.16. The van der Waals surface area contributed by atoms with Crippen LogP contribution >= 0.6 is 24.0 Å². The number of carbonyl (C=O) groups is 1. The van der Waals surface area contributed by atoms with E-state index in [1.54, 1.807) is 15.4 Å². The van der Waals surface area contributed by atoms with E-state index < -0.39 is 0 Å². The van der Waals surface area contributed by atoms with Crippen LogP contribution in [0.2, 0.25) is 0 Å². The highest BCUT2D eigenvalue weighted by molar-refractivity contribution is 8.26. The van der Waals surface area contributed by atoms with Gasteiger partial charge in [0.05, 0.1) is 10.5 Å². The molecule has 6 nitrogen and oxygen atoms in total. The van der Waals surface area contributed by atoms with Gasteiger partial charge in [-0.25, -0.2) is 4.98 Å². The zero-order chi connectivity index (χ0) is 29.5. The number of fused-ring (bicyclic) bond motifs is 2. The summed E-state index contributed by atoms with van der Waals surface area (Å²) in [5, 5.41) is 0. The number of anilines is 1. The number of amides is 1. The molecule has 2 aliphatic rings. The fourth-order valence-electron chi connectivity index (χ4n) is 5.87. The summed E-state index contributed by atoms with van der Waals surface area (Å²) in [6.07, 6.45) is 16.9. The maximum atomic E-state index is 13.9. The fourth-order valence-corrected chi connectivity index (χ4v) is 7.16. The molecule has 0 radical (unpaired) electrons. The summed E-state index contributed by atoms with van der Waals surface area (Å²) in [7, 11) is 0. The van der Waals surface area contributed by atoms with E-state index in [1.165, 1.54) is 74.3 Å². The van der Waals surface area contributed by atoms with Gasteiger partial charge in [-0.3, -0.25) is 18.9 Å². The smallest absolute Gasteiger partial charge is 0.267 e. The number of aromatic nitrogens is 2. The highest BCUT2D eigenvalue weighted by Crippen LogP contribution is 2.34. The number of nitrogens with zero attached hydrogens (tertiary/aromatic N) is 4. The van der Waals surface area contributed by atoms with Crippen LogP contribution in [0.1, 0.15) is 93.4 Å². The number of rotatable bonds is 13. The number of aryl methyl sites for hydroxylation is 1. The summed E-state index contributed by atoms with van der Waals surface area (Å²) in [5.74, 6) is 0.517. The van der Waals surface area contributed by atoms with E-state index in [0.717, 1.165) is 31.4 Å². The van der Waals surface area contributed by atoms with E-state index >= 15 is 0 Å². The molecule has 1 amide bonds. The molecule has 3 aromatic rings. The minimum atomic E-state index is -0.169. The highest BCUT2D eigenvalue weighted by atomic mass is 32.2. The molecule has 1 saturated heterocycles. The first-order valence-electron chi connectivity index (χ1n) is 15.6. The van der Waals surface area contributed by atoms with Gasteiger partial charge in [0, 0.05) is 25.8 Å². The molecular weight excluding hydrogens is 561 g/mol. The van der Waals surface area contributed by atoms with Gasteiger partial charge >= 0.3 is 0 Å². The van der Waals surface area contributed by atoms with Crippen molar-refractivity contribution in [3.63, 3.8) is 0 Å². The van der Waals surface area contributed by atoms with Gasteiger partial charge < -0.3 is 4.90 Å². The quantitative estimate of drug-likeness (QED) is 0.114. The molecule has 0 bridgehead atoms. The number of hydrogen-bond donors (Lipinski definition) is 0. The van der Waals surface area contributed by atoms with Crippen molar-refractivity contribution in [3.05, 3.63) is 80.1 Å². The van der Waals surface area contributed by atoms with Crippen LogP contribution in [0.3, 0.4) is 0 Å². The molecule has 0 aliphatic carbocycles. The monoisotopic (exact) mass is 602 g/mol. The first-order valence-corrected chi connectivity index (χ1v) is 16.8. The van der Waals surface area contributed by atoms with Crippen molar-refractivity contribution in [2.24, 2.45) is 0 Å². The van der Waals surface area contributed by atoms with Gasteiger partial charge in [-0.2, -0.15) is 0 Å². The van der Waals surface area contributed by atoms with Crippen molar-refractivity contribution >= 4 is 51.7 Å². The number of thiocarbonyl (C=S) groups is 1. The molecule has 0 N–H and O–H groups in total. The lowest BCUT2D eigenvalue weighted by atomic mass is 9.99. The van der Waals surface area contributed by atoms with Crippen LogP contribution in [0.5, 0.6) is 0 Å². The van der Waals surface area contributed by atoms with Crippen molar-refractivity contribution in [1.29, 1.82) is 0 Å². The molecule has 1 aromatic carbocycles. The van der Waals surface area contributed by atoms with E-state index in [0.29, 0.717) is 39.3 Å². The minimum absolute atomic E-state index is 0.107. The summed E-state index contributed by atoms with van der Waals surface area (Å²) in [4.78, 5) is 36.7. The molecule has 8 heteroatoms. The first-order chi connectivity index (χ1) is 20.5. The zero-order valence-corrected chi connectivity index (χ0v) is 26.6. The topological polar surface area (TPSA) is 57.9 Å². The lowest BCUT2D eigenvalue weighted by Gasteiger charge is -2.30. The lowest BCUT2D eigenvalue weighted by Crippen LogP contribution is -2.34. The van der Waals surface area contributed by atoms with E-state index in [-0.39, 0.29) is 11.5 Å². The summed E-state index contributed by atoms with van der Waals surface area (Å²) in [6, 6.07) is 12.3. The number of hydrogen-bond acceptors (Lipinski definition) is 6. The average molecular weight is 603 g/mol. The van der Waals surface area contributed by atoms with Crippen LogP contribution in [-0.4, -0.2) is 37.6 Å². The van der Waals surface area contributed by atoms with Crippen LogP contribution in [0, 0.1) is 6.92 Å². The summed E-state index contributed by atoms with van der Waals surface area (Å²) in [6.45, 7) is 6.27. The molecule has 42 heavy (non-hydrogen) atoms. The van der Waals surface area contributed by atoms with Crippen LogP contribution in [0.25, 0.3) is 11.7 Å². The Kier molecular flexibility index (Phi) is 10.5. The largest absolute Gasteiger partial charge is 0.351 e. The third-order valence-corrected chi connectivity index (χ3v) is 9.68. The van der Waals surface area contributed by atoms with Crippen molar-refractivity contribution in [1.82, 2.24) is 14.3 Å². The molecule has 0 unspecified atom stereocenters. The second-order valence-electron chi connectivity index (χ2n) is 11.5. The molecule has 222 valence electrons. The Morgan fingerprint density at radius 2 is 1.62 bits per heavy atom. The van der Waals surface area contributed by atoms with Crippen molar-refractivity contribution in [3.8, 4) is 0 Å². The van der Waals surface area contributed by atoms with Gasteiger partial charge in [0.1, 0.15) is 15.8 Å². The summed E-state index contributed by atoms with van der Waals surface area (Å²) in [5.41, 5.74) is 4.42. The minimum Gasteiger partial charge on any atom is -0.351 e. The van der Waals surface area contributed by atoms with Gasteiger partial charge in [0.25, 0.3) is 11.5 Å². The van der Waals surface area contributed by atoms with E-state index in [1.807, 2.05) is 25.3 Å². The van der Waals surface area contributed by atoms with Gasteiger partial charge in [0.2, 0.25) is 0 Å². The maximum Gasteiger partial charge on any atom is 0.267 e. The maximum absolute atomic E-state index is 13.9. The lowest BCUT2D eigenvalue weighted by molar-refractivity contribution is -0.122. The number of carbonyl (C=O) groups excluding carboxylic acids is 1. The van der Waals surface area contributed by atoms with Crippen LogP contribution in [-0.2, 0) is 17.8 Å². The van der Waals surface area contributed by atoms with E-state index in [2.05, 4.69) is 36.1 Å². The molecular formula is C34H42N4O2S2. The first kappa shape index (κ1) is 30.5. The van der Waals surface area contributed by atoms with Gasteiger partial charge in [-0.15, -0.1) is 0 Å². The Balaban J connectivity index is 1.31. The molecule has 2 aliphatic heterocycles. The molecule has 4 heterocycles. The molecule has 0 saturated carbocycles. The van der Waals surface area contributed by atoms with E-state index in [4.69, 9.17) is 17.2 Å². The highest BCUT2D eigenvalue weighted by Gasteiger charge is 2.33. The number of thioether (sulfide) groups is 1. The van der Waals surface area contributed by atoms with Crippen LogP contribution < -0.4 is 10.5 Å². The number of pyridine rings is 1. The Bertz CT molecular complexity index is 1530. The molecule has 0 spiro atoms. The summed E-state index contributed by atoms with van der Waals surface area (Å²) >= 11 is 6.92. The zero-order valence-electron chi connectivity index (χ0n) is 24.9. The number of unbranched alkanes of at least 4 members (excludes halogenated alkanes) is 9. The third-order valence-electron chi connectivity index (χ3n) is 8.30. The Morgan fingerprint density at radius 1 is 0.929 bits per heavy atom. The van der Waals surface area contributed by atoms with Gasteiger partial charge in [0.15, 0.2) is 0 Å². The van der Waals surface area contributed by atoms with Crippen molar-refractivity contribution in [2.75, 3.05) is 18.0 Å². The van der Waals surface area contributed by atoms with Crippen molar-refractivity contribution in [2.45, 2.75) is 91.0 Å². The van der Waals surface area contributed by atoms with E-state index in [9.17, 15) is 9.59 Å². The van der Waals surface area contributed by atoms with Crippen LogP contribution in [0.4, 0.5) is 5.82 Å². The second kappa shape index (κ2) is 14.5. The fraction of sp³-hybridized carbons (Fsp3) is 0.471. The van der Waals surface area contributed by atoms with Crippen LogP contribution in [0.15, 0.2) is 52.3 Å². The van der Waals surface area contributed by atoms with Gasteiger partial charge in [-0.05, 0) is 48.6 Å². The molecule has 0 atom stereocenters. The molecule has 1 fully saturated rings. The molecule has 5 rings (SSSR count). The Hall–Kier alpha value is -2.97. The third kappa shape index (κ3) is 7.14. The average Bonchev–Trinajstić information content (AvgIpc) is 3.26. The van der Waals surface area contributed by atoms with Crippen molar-refractivity contribution < 1.29 is 4.79 Å². The predicted molar refractivity (Wildman–Crippen MR) is 179 cm³/mol. The molecule has 2 aromatic heterocycles. The Labute approximate surface area is 259 Å². The van der Waals surface area contributed by atoms with Gasteiger partial charge in [-0.1, -0.05) is 119 Å².